The predicted octanol–water partition coefficient (Wildman–Crippen LogP) is 6.12. The van der Waals surface area contributed by atoms with Gasteiger partial charge in [-0.25, -0.2) is 0 Å². The van der Waals surface area contributed by atoms with Gasteiger partial charge in [0.15, 0.2) is 0 Å². The lowest BCUT2D eigenvalue weighted by Gasteiger charge is -2.22. The molecule has 0 bridgehead atoms. The number of hydrogen-bond donors (Lipinski definition) is 2. The Balaban J connectivity index is 2.24. The third-order valence-corrected chi connectivity index (χ3v) is 5.35. The quantitative estimate of drug-likeness (QED) is 0.366. The van der Waals surface area contributed by atoms with Crippen LogP contribution in [0.4, 0.5) is 0 Å². The summed E-state index contributed by atoms with van der Waals surface area (Å²) < 4.78 is 11.4. The molecule has 160 valence electrons. The molecule has 0 fully saturated rings. The molecule has 0 saturated heterocycles. The second-order valence-corrected chi connectivity index (χ2v) is 7.18. The molecule has 32 heavy (non-hydrogen) atoms. The van der Waals surface area contributed by atoms with Gasteiger partial charge in [0.05, 0.1) is 14.2 Å². The third kappa shape index (κ3) is 3.91. The fourth-order valence-corrected chi connectivity index (χ4v) is 3.90. The Bertz CT molecular complexity index is 1170. The van der Waals surface area contributed by atoms with Crippen molar-refractivity contribution in [2.45, 2.75) is 0 Å². The minimum absolute atomic E-state index is 0.122. The maximum atomic E-state index is 10.9. The van der Waals surface area contributed by atoms with Gasteiger partial charge < -0.3 is 19.7 Å². The van der Waals surface area contributed by atoms with Crippen LogP contribution >= 0.6 is 0 Å². The van der Waals surface area contributed by atoms with Crippen LogP contribution in [0.2, 0.25) is 0 Å². The van der Waals surface area contributed by atoms with E-state index in [2.05, 4.69) is 0 Å². The van der Waals surface area contributed by atoms with E-state index in [1.165, 1.54) is 0 Å². The summed E-state index contributed by atoms with van der Waals surface area (Å²) in [7, 11) is 3.23. The number of rotatable bonds is 6. The van der Waals surface area contributed by atoms with Gasteiger partial charge in [-0.05, 0) is 24.3 Å². The fraction of sp³-hybridized carbons (Fsp3) is 0.0714. The van der Waals surface area contributed by atoms with Crippen LogP contribution in [0.25, 0.3) is 11.1 Å². The Morgan fingerprint density at radius 2 is 0.781 bits per heavy atom. The smallest absolute Gasteiger partial charge is 0.126 e. The molecule has 2 N–H and O–H groups in total. The first-order valence-electron chi connectivity index (χ1n) is 10.2. The lowest BCUT2D eigenvalue weighted by molar-refractivity contribution is 0.413. The summed E-state index contributed by atoms with van der Waals surface area (Å²) in [4.78, 5) is 0. The minimum Gasteiger partial charge on any atom is -0.507 e. The maximum absolute atomic E-state index is 10.9. The van der Waals surface area contributed by atoms with Crippen LogP contribution in [0, 0.1) is 0 Å². The largest absolute Gasteiger partial charge is 0.507 e. The minimum atomic E-state index is 0.122. The third-order valence-electron chi connectivity index (χ3n) is 5.35. The van der Waals surface area contributed by atoms with Crippen LogP contribution in [0.1, 0.15) is 22.3 Å². The van der Waals surface area contributed by atoms with E-state index in [0.717, 1.165) is 11.1 Å². The van der Waals surface area contributed by atoms with E-state index in [-0.39, 0.29) is 11.5 Å². The van der Waals surface area contributed by atoms with Gasteiger partial charge in [-0.1, -0.05) is 72.8 Å². The Morgan fingerprint density at radius 1 is 0.469 bits per heavy atom. The van der Waals surface area contributed by atoms with Crippen molar-refractivity contribution in [3.05, 3.63) is 119 Å². The summed E-state index contributed by atoms with van der Waals surface area (Å²) in [6.07, 6.45) is 0. The van der Waals surface area contributed by atoms with Gasteiger partial charge in [0.2, 0.25) is 0 Å². The van der Waals surface area contributed by atoms with Gasteiger partial charge in [-0.15, -0.1) is 0 Å². The second-order valence-electron chi connectivity index (χ2n) is 7.18. The van der Waals surface area contributed by atoms with E-state index in [1.807, 2.05) is 72.8 Å². The molecular formula is C28H24O4. The van der Waals surface area contributed by atoms with Gasteiger partial charge >= 0.3 is 0 Å². The summed E-state index contributed by atoms with van der Waals surface area (Å²) >= 11 is 0. The van der Waals surface area contributed by atoms with E-state index in [4.69, 9.17) is 9.47 Å². The number of hydrogen-bond acceptors (Lipinski definition) is 4. The topological polar surface area (TPSA) is 58.9 Å². The summed E-state index contributed by atoms with van der Waals surface area (Å²) in [5, 5.41) is 21.8. The molecule has 0 atom stereocenters. The lowest BCUT2D eigenvalue weighted by Crippen LogP contribution is -2.02. The van der Waals surface area contributed by atoms with Crippen LogP contribution in [-0.2, 0) is 0 Å². The molecular weight excluding hydrogens is 400 g/mol. The zero-order valence-corrected chi connectivity index (χ0v) is 17.9. The van der Waals surface area contributed by atoms with Crippen LogP contribution in [0.5, 0.6) is 23.0 Å². The van der Waals surface area contributed by atoms with E-state index in [9.17, 15) is 10.2 Å². The molecule has 0 unspecified atom stereocenters. The molecule has 0 aliphatic heterocycles. The van der Waals surface area contributed by atoms with Crippen LogP contribution < -0.4 is 9.47 Å². The van der Waals surface area contributed by atoms with Crippen molar-refractivity contribution in [1.82, 2.24) is 0 Å². The Morgan fingerprint density at radius 3 is 1.12 bits per heavy atom. The Kier molecular flexibility index (Phi) is 6.13. The van der Waals surface area contributed by atoms with Gasteiger partial charge in [-0.3, -0.25) is 0 Å². The number of methoxy groups -OCH3 is 2. The molecule has 0 saturated carbocycles. The molecule has 4 aromatic rings. The molecule has 4 heteroatoms. The first kappa shape index (κ1) is 21.1. The normalized spacial score (nSPS) is 11.6. The molecule has 4 nitrogen and oxygen atoms in total. The Labute approximate surface area is 187 Å². The summed E-state index contributed by atoms with van der Waals surface area (Å²) in [6.45, 7) is 0. The van der Waals surface area contributed by atoms with Crippen LogP contribution in [0.3, 0.4) is 0 Å². The summed E-state index contributed by atoms with van der Waals surface area (Å²) in [5.74, 6) is 1.54. The van der Waals surface area contributed by atoms with E-state index in [1.54, 1.807) is 38.5 Å². The van der Waals surface area contributed by atoms with Crippen LogP contribution in [0.15, 0.2) is 97.1 Å². The average molecular weight is 424 g/mol. The molecule has 4 aromatic carbocycles. The number of phenols is 2. The van der Waals surface area contributed by atoms with E-state index >= 15 is 0 Å². The van der Waals surface area contributed by atoms with Crippen molar-refractivity contribution in [2.24, 2.45) is 0 Å². The Hall–Kier alpha value is -4.18. The first-order valence-corrected chi connectivity index (χ1v) is 10.2. The van der Waals surface area contributed by atoms with Crippen molar-refractivity contribution in [3.63, 3.8) is 0 Å². The average Bonchev–Trinajstić information content (AvgIpc) is 2.84. The predicted molar refractivity (Wildman–Crippen MR) is 127 cm³/mol. The molecule has 0 amide bonds. The number of ether oxygens (including phenoxy) is 2. The van der Waals surface area contributed by atoms with Crippen LogP contribution in [-0.4, -0.2) is 24.4 Å². The van der Waals surface area contributed by atoms with E-state index < -0.39 is 0 Å². The second kappa shape index (κ2) is 9.31. The fourth-order valence-electron chi connectivity index (χ4n) is 3.90. The van der Waals surface area contributed by atoms with Gasteiger partial charge in [0, 0.05) is 33.4 Å². The highest BCUT2D eigenvalue weighted by atomic mass is 16.5. The molecule has 0 heterocycles. The van der Waals surface area contributed by atoms with Crippen molar-refractivity contribution in [2.75, 3.05) is 14.2 Å². The molecule has 0 aliphatic rings. The van der Waals surface area contributed by atoms with E-state index in [0.29, 0.717) is 33.8 Å². The zero-order valence-electron chi connectivity index (χ0n) is 17.9. The van der Waals surface area contributed by atoms with Crippen molar-refractivity contribution in [3.8, 4) is 23.0 Å². The maximum Gasteiger partial charge on any atom is 0.126 e. The number of benzene rings is 4. The molecule has 0 aromatic heterocycles. The zero-order chi connectivity index (χ0) is 22.5. The van der Waals surface area contributed by atoms with Crippen molar-refractivity contribution >= 4 is 11.1 Å². The first-order chi connectivity index (χ1) is 15.7. The highest BCUT2D eigenvalue weighted by Gasteiger charge is 2.24. The van der Waals surface area contributed by atoms with Gasteiger partial charge in [0.25, 0.3) is 0 Å². The highest BCUT2D eigenvalue weighted by molar-refractivity contribution is 6.08. The SMILES string of the molecule is COc1ccccc1/C(=C(\c1ccccc1O)c1ccccc1OC)c1ccccc1O. The van der Waals surface area contributed by atoms with Gasteiger partial charge in [0.1, 0.15) is 23.0 Å². The summed E-state index contributed by atoms with van der Waals surface area (Å²) in [5.41, 5.74) is 4.21. The molecule has 0 radical (unpaired) electrons. The number of phenolic OH excluding ortho intramolecular Hbond substituents is 2. The van der Waals surface area contributed by atoms with Gasteiger partial charge in [-0.2, -0.15) is 0 Å². The standard InChI is InChI=1S/C28H24O4/c1-31-25-17-9-5-13-21(25)27(19-11-3-7-15-23(19)29)28(20-12-4-8-16-24(20)30)22-14-6-10-18-26(22)32-2/h3-18,29-30H,1-2H3/b28-27+. The van der Waals surface area contributed by atoms with Crippen molar-refractivity contribution in [1.29, 1.82) is 0 Å². The molecule has 0 spiro atoms. The monoisotopic (exact) mass is 424 g/mol. The summed E-state index contributed by atoms with van der Waals surface area (Å²) in [6, 6.07) is 29.6. The molecule has 0 aliphatic carbocycles. The highest BCUT2D eigenvalue weighted by Crippen LogP contribution is 2.46. The number of para-hydroxylation sites is 4. The number of aromatic hydroxyl groups is 2. The van der Waals surface area contributed by atoms with Crippen molar-refractivity contribution < 1.29 is 19.7 Å². The lowest BCUT2D eigenvalue weighted by atomic mass is 9.84. The molecule has 4 rings (SSSR count).